The molecule has 1 rings (SSSR count). The van der Waals surface area contributed by atoms with Crippen LogP contribution >= 0.6 is 0 Å². The van der Waals surface area contributed by atoms with Crippen LogP contribution in [0.2, 0.25) is 0 Å². The van der Waals surface area contributed by atoms with Crippen LogP contribution in [0, 0.1) is 0 Å². The fourth-order valence-corrected chi connectivity index (χ4v) is 1.32. The molecule has 0 atom stereocenters. The normalized spacial score (nSPS) is 11.1. The fourth-order valence-electron chi connectivity index (χ4n) is 1.32. The molecule has 0 N–H and O–H groups in total. The largest absolute Gasteiger partial charge is 0.466 e. The van der Waals surface area contributed by atoms with Crippen molar-refractivity contribution in [2.75, 3.05) is 13.2 Å². The lowest BCUT2D eigenvalue weighted by atomic mass is 10.1. The summed E-state index contributed by atoms with van der Waals surface area (Å²) in [7, 11) is 0. The summed E-state index contributed by atoms with van der Waals surface area (Å²) in [6.45, 7) is 3.93. The highest BCUT2D eigenvalue weighted by Gasteiger charge is 2.16. The average molecular weight is 252 g/mol. The predicted octanol–water partition coefficient (Wildman–Crippen LogP) is 2.18. The van der Waals surface area contributed by atoms with Gasteiger partial charge in [-0.05, 0) is 32.1 Å². The number of carbonyl (C=O) groups excluding carboxylic acids is 2. The van der Waals surface area contributed by atoms with Gasteiger partial charge < -0.3 is 13.9 Å². The predicted molar refractivity (Wildman–Crippen MR) is 64.6 cm³/mol. The van der Waals surface area contributed by atoms with Gasteiger partial charge >= 0.3 is 11.9 Å². The van der Waals surface area contributed by atoms with Crippen molar-refractivity contribution in [3.05, 3.63) is 29.7 Å². The first-order valence-corrected chi connectivity index (χ1v) is 5.74. The Kier molecular flexibility index (Phi) is 5.70. The first kappa shape index (κ1) is 14.0. The third-order valence-electron chi connectivity index (χ3n) is 2.04. The summed E-state index contributed by atoms with van der Waals surface area (Å²) in [5.74, 6) is -0.521. The number of ether oxygens (including phenoxy) is 2. The monoisotopic (exact) mass is 252 g/mol. The summed E-state index contributed by atoms with van der Waals surface area (Å²) in [6, 6.07) is 3.38. The van der Waals surface area contributed by atoms with E-state index in [-0.39, 0.29) is 25.2 Å². The maximum absolute atomic E-state index is 11.7. The van der Waals surface area contributed by atoms with Crippen LogP contribution < -0.4 is 0 Å². The lowest BCUT2D eigenvalue weighted by Crippen LogP contribution is -2.13. The van der Waals surface area contributed by atoms with E-state index in [9.17, 15) is 9.59 Å². The number of rotatable bonds is 6. The van der Waals surface area contributed by atoms with Crippen molar-refractivity contribution in [3.8, 4) is 0 Å². The van der Waals surface area contributed by atoms with Crippen molar-refractivity contribution in [3.63, 3.8) is 0 Å². The van der Waals surface area contributed by atoms with Crippen molar-refractivity contribution in [2.45, 2.75) is 20.3 Å². The van der Waals surface area contributed by atoms with E-state index in [4.69, 9.17) is 13.9 Å². The highest BCUT2D eigenvalue weighted by atomic mass is 16.5. The molecule has 0 saturated carbocycles. The number of hydrogen-bond donors (Lipinski definition) is 0. The Hall–Kier alpha value is -2.04. The van der Waals surface area contributed by atoms with E-state index in [0.29, 0.717) is 5.76 Å². The Morgan fingerprint density at radius 1 is 1.28 bits per heavy atom. The van der Waals surface area contributed by atoms with Gasteiger partial charge in [0.1, 0.15) is 5.76 Å². The molecule has 98 valence electrons. The summed E-state index contributed by atoms with van der Waals surface area (Å²) < 4.78 is 14.8. The van der Waals surface area contributed by atoms with E-state index in [0.717, 1.165) is 0 Å². The number of furan rings is 1. The minimum Gasteiger partial charge on any atom is -0.466 e. The van der Waals surface area contributed by atoms with E-state index in [1.165, 1.54) is 12.3 Å². The molecule has 0 aromatic carbocycles. The zero-order chi connectivity index (χ0) is 13.4. The molecule has 0 saturated heterocycles. The summed E-state index contributed by atoms with van der Waals surface area (Å²) in [5, 5.41) is 0. The topological polar surface area (TPSA) is 65.7 Å². The molecule has 18 heavy (non-hydrogen) atoms. The molecule has 1 aromatic heterocycles. The molecule has 0 amide bonds. The van der Waals surface area contributed by atoms with Crippen LogP contribution in [0.5, 0.6) is 0 Å². The zero-order valence-corrected chi connectivity index (χ0v) is 10.5. The van der Waals surface area contributed by atoms with Gasteiger partial charge in [0.05, 0.1) is 31.5 Å². The Labute approximate surface area is 105 Å². The maximum Gasteiger partial charge on any atom is 0.334 e. The van der Waals surface area contributed by atoms with Gasteiger partial charge in [0.2, 0.25) is 0 Å². The van der Waals surface area contributed by atoms with Crippen molar-refractivity contribution in [1.29, 1.82) is 0 Å². The molecule has 0 aliphatic heterocycles. The Morgan fingerprint density at radius 2 is 2.00 bits per heavy atom. The van der Waals surface area contributed by atoms with Crippen LogP contribution in [0.4, 0.5) is 0 Å². The van der Waals surface area contributed by atoms with Crippen molar-refractivity contribution in [2.24, 2.45) is 0 Å². The summed E-state index contributed by atoms with van der Waals surface area (Å²) in [6.07, 6.45) is 2.83. The second-order valence-electron chi connectivity index (χ2n) is 3.39. The molecule has 5 heteroatoms. The minimum atomic E-state index is -0.540. The second-order valence-corrected chi connectivity index (χ2v) is 3.39. The van der Waals surface area contributed by atoms with Crippen LogP contribution in [0.3, 0.4) is 0 Å². The molecule has 0 fully saturated rings. The smallest absolute Gasteiger partial charge is 0.334 e. The number of carbonyl (C=O) groups is 2. The van der Waals surface area contributed by atoms with E-state index < -0.39 is 11.9 Å². The molecule has 0 aliphatic rings. The molecule has 1 aromatic rings. The van der Waals surface area contributed by atoms with Gasteiger partial charge in [-0.3, -0.25) is 4.79 Å². The summed E-state index contributed by atoms with van der Waals surface area (Å²) in [4.78, 5) is 23.1. The molecule has 0 aliphatic carbocycles. The van der Waals surface area contributed by atoms with Gasteiger partial charge in [0.25, 0.3) is 0 Å². The van der Waals surface area contributed by atoms with E-state index in [1.54, 1.807) is 26.0 Å². The average Bonchev–Trinajstić information content (AvgIpc) is 2.81. The van der Waals surface area contributed by atoms with Crippen LogP contribution in [0.1, 0.15) is 26.0 Å². The first-order chi connectivity index (χ1) is 8.67. The fraction of sp³-hybridized carbons (Fsp3) is 0.385. The Morgan fingerprint density at radius 3 is 2.56 bits per heavy atom. The van der Waals surface area contributed by atoms with Crippen LogP contribution in [-0.2, 0) is 19.1 Å². The lowest BCUT2D eigenvalue weighted by Gasteiger charge is -2.06. The first-order valence-electron chi connectivity index (χ1n) is 5.74. The van der Waals surface area contributed by atoms with Crippen molar-refractivity contribution < 1.29 is 23.5 Å². The lowest BCUT2D eigenvalue weighted by molar-refractivity contribution is -0.145. The van der Waals surface area contributed by atoms with Gasteiger partial charge in [-0.15, -0.1) is 0 Å². The number of esters is 2. The third kappa shape index (κ3) is 4.45. The van der Waals surface area contributed by atoms with Gasteiger partial charge in [0.15, 0.2) is 0 Å². The molecule has 0 radical (unpaired) electrons. The van der Waals surface area contributed by atoms with Crippen molar-refractivity contribution in [1.82, 2.24) is 0 Å². The highest BCUT2D eigenvalue weighted by molar-refractivity contribution is 5.97. The quantitative estimate of drug-likeness (QED) is 0.573. The molecule has 0 spiro atoms. The molecule has 1 heterocycles. The standard InChI is InChI=1S/C13H16O5/c1-3-16-12(14)9-10(13(15)17-4-2)8-11-6-5-7-18-11/h5-8H,3-4,9H2,1-2H3. The van der Waals surface area contributed by atoms with E-state index >= 15 is 0 Å². The van der Waals surface area contributed by atoms with E-state index in [2.05, 4.69) is 0 Å². The maximum atomic E-state index is 11.7. The molecular formula is C13H16O5. The number of hydrogen-bond acceptors (Lipinski definition) is 5. The molecule has 5 nitrogen and oxygen atoms in total. The third-order valence-corrected chi connectivity index (χ3v) is 2.04. The zero-order valence-electron chi connectivity index (χ0n) is 10.5. The van der Waals surface area contributed by atoms with Gasteiger partial charge in [-0.25, -0.2) is 4.79 Å². The minimum absolute atomic E-state index is 0.132. The summed E-state index contributed by atoms with van der Waals surface area (Å²) in [5.41, 5.74) is 0.213. The summed E-state index contributed by atoms with van der Waals surface area (Å²) >= 11 is 0. The molecule has 0 bridgehead atoms. The van der Waals surface area contributed by atoms with Gasteiger partial charge in [0, 0.05) is 0 Å². The SMILES string of the molecule is CCOC(=O)CC(=Cc1ccco1)C(=O)OCC. The second kappa shape index (κ2) is 7.32. The van der Waals surface area contributed by atoms with Crippen LogP contribution in [-0.4, -0.2) is 25.2 Å². The van der Waals surface area contributed by atoms with Crippen molar-refractivity contribution >= 4 is 18.0 Å². The Balaban J connectivity index is 2.81. The Bertz CT molecular complexity index is 417. The molecule has 0 unspecified atom stereocenters. The van der Waals surface area contributed by atoms with E-state index in [1.807, 2.05) is 0 Å². The van der Waals surface area contributed by atoms with Crippen LogP contribution in [0.25, 0.3) is 6.08 Å². The van der Waals surface area contributed by atoms with Gasteiger partial charge in [-0.1, -0.05) is 0 Å². The molecular weight excluding hydrogens is 236 g/mol. The van der Waals surface area contributed by atoms with Gasteiger partial charge in [-0.2, -0.15) is 0 Å². The highest BCUT2D eigenvalue weighted by Crippen LogP contribution is 2.13. The van der Waals surface area contributed by atoms with Crippen LogP contribution in [0.15, 0.2) is 28.4 Å².